The quantitative estimate of drug-likeness (QED) is 0.500. The van der Waals surface area contributed by atoms with Crippen LogP contribution in [0.15, 0.2) is 67.4 Å². The van der Waals surface area contributed by atoms with Crippen molar-refractivity contribution in [2.24, 2.45) is 0 Å². The fourth-order valence-electron chi connectivity index (χ4n) is 2.68. The van der Waals surface area contributed by atoms with Crippen molar-refractivity contribution in [3.8, 4) is 11.1 Å². The van der Waals surface area contributed by atoms with E-state index >= 15 is 0 Å². The van der Waals surface area contributed by atoms with E-state index in [1.807, 2.05) is 36.5 Å². The Morgan fingerprint density at radius 2 is 2.12 bits per heavy atom. The molecule has 0 aliphatic carbocycles. The number of H-pyrrole nitrogens is 2. The highest BCUT2D eigenvalue weighted by molar-refractivity contribution is 6.03. The molecular weight excluding hydrogens is 314 g/mol. The minimum Gasteiger partial charge on any atom is -0.361 e. The summed E-state index contributed by atoms with van der Waals surface area (Å²) in [6, 6.07) is 9.62. The first-order valence-electron chi connectivity index (χ1n) is 7.79. The van der Waals surface area contributed by atoms with Gasteiger partial charge in [0.25, 0.3) is 0 Å². The molecular formula is C19H15N5O. The third kappa shape index (κ3) is 3.18. The molecule has 0 atom stereocenters. The SMILES string of the molecule is O=C(/C=C/c1cnccc1-c1cn[nH]c1)Nc1ccc2cc[nH]c2c1. The van der Waals surface area contributed by atoms with Gasteiger partial charge < -0.3 is 10.3 Å². The summed E-state index contributed by atoms with van der Waals surface area (Å²) in [5.41, 5.74) is 4.47. The predicted octanol–water partition coefficient (Wildman–Crippen LogP) is 3.60. The molecule has 3 aromatic heterocycles. The maximum absolute atomic E-state index is 12.2. The highest BCUT2D eigenvalue weighted by Crippen LogP contribution is 2.23. The first kappa shape index (κ1) is 14.9. The first-order valence-corrected chi connectivity index (χ1v) is 7.79. The standard InChI is InChI=1S/C19H15N5O/c25-19(24-16-3-1-13-5-8-21-18(13)9-16)4-2-14-10-20-7-6-17(14)15-11-22-23-12-15/h1-12,21H,(H,22,23)(H,24,25)/b4-2+. The van der Waals surface area contributed by atoms with E-state index in [9.17, 15) is 4.79 Å². The van der Waals surface area contributed by atoms with Crippen LogP contribution < -0.4 is 5.32 Å². The molecule has 0 saturated heterocycles. The topological polar surface area (TPSA) is 86.5 Å². The zero-order valence-corrected chi connectivity index (χ0v) is 13.2. The number of aromatic amines is 2. The molecule has 4 aromatic rings. The van der Waals surface area contributed by atoms with E-state index in [2.05, 4.69) is 25.5 Å². The smallest absolute Gasteiger partial charge is 0.248 e. The van der Waals surface area contributed by atoms with Gasteiger partial charge in [0.05, 0.1) is 6.20 Å². The second-order valence-electron chi connectivity index (χ2n) is 5.55. The van der Waals surface area contributed by atoms with E-state index in [4.69, 9.17) is 0 Å². The number of benzene rings is 1. The minimum absolute atomic E-state index is 0.201. The van der Waals surface area contributed by atoms with Gasteiger partial charge in [0.1, 0.15) is 0 Å². The van der Waals surface area contributed by atoms with Crippen LogP contribution in [-0.4, -0.2) is 26.1 Å². The van der Waals surface area contributed by atoms with Crippen molar-refractivity contribution in [1.82, 2.24) is 20.2 Å². The van der Waals surface area contributed by atoms with E-state index in [0.717, 1.165) is 33.3 Å². The van der Waals surface area contributed by atoms with Gasteiger partial charge in [0.15, 0.2) is 0 Å². The van der Waals surface area contributed by atoms with Crippen molar-refractivity contribution in [1.29, 1.82) is 0 Å². The molecule has 0 bridgehead atoms. The zero-order chi connectivity index (χ0) is 17.1. The van der Waals surface area contributed by atoms with Crippen LogP contribution in [-0.2, 0) is 4.79 Å². The molecule has 1 amide bonds. The molecule has 3 N–H and O–H groups in total. The van der Waals surface area contributed by atoms with E-state index in [-0.39, 0.29) is 5.91 Å². The summed E-state index contributed by atoms with van der Waals surface area (Å²) >= 11 is 0. The van der Waals surface area contributed by atoms with Gasteiger partial charge in [-0.2, -0.15) is 5.10 Å². The van der Waals surface area contributed by atoms with Crippen molar-refractivity contribution in [2.45, 2.75) is 0 Å². The number of carbonyl (C=O) groups excluding carboxylic acids is 1. The van der Waals surface area contributed by atoms with Gasteiger partial charge >= 0.3 is 0 Å². The van der Waals surface area contributed by atoms with Gasteiger partial charge in [0, 0.05) is 53.2 Å². The third-order valence-corrected chi connectivity index (χ3v) is 3.90. The highest BCUT2D eigenvalue weighted by Gasteiger charge is 2.05. The average molecular weight is 329 g/mol. The molecule has 0 spiro atoms. The minimum atomic E-state index is -0.201. The molecule has 0 radical (unpaired) electrons. The van der Waals surface area contributed by atoms with Crippen LogP contribution in [0, 0.1) is 0 Å². The summed E-state index contributed by atoms with van der Waals surface area (Å²) in [5, 5.41) is 10.7. The van der Waals surface area contributed by atoms with E-state index < -0.39 is 0 Å². The van der Waals surface area contributed by atoms with Crippen molar-refractivity contribution in [3.05, 3.63) is 73.0 Å². The summed E-state index contributed by atoms with van der Waals surface area (Å²) in [4.78, 5) is 19.5. The van der Waals surface area contributed by atoms with Crippen molar-refractivity contribution >= 4 is 28.6 Å². The number of anilines is 1. The predicted molar refractivity (Wildman–Crippen MR) is 97.8 cm³/mol. The molecule has 6 heteroatoms. The Hall–Kier alpha value is -3.67. The molecule has 0 aliphatic rings. The van der Waals surface area contributed by atoms with Gasteiger partial charge in [-0.25, -0.2) is 0 Å². The van der Waals surface area contributed by atoms with Crippen LogP contribution in [0.25, 0.3) is 28.1 Å². The molecule has 0 fully saturated rings. The fourth-order valence-corrected chi connectivity index (χ4v) is 2.68. The Kier molecular flexibility index (Phi) is 3.84. The lowest BCUT2D eigenvalue weighted by molar-refractivity contribution is -0.111. The monoisotopic (exact) mass is 329 g/mol. The van der Waals surface area contributed by atoms with Crippen LogP contribution in [0.3, 0.4) is 0 Å². The van der Waals surface area contributed by atoms with Gasteiger partial charge in [-0.05, 0) is 41.3 Å². The normalized spacial score (nSPS) is 11.2. The third-order valence-electron chi connectivity index (χ3n) is 3.90. The molecule has 25 heavy (non-hydrogen) atoms. The van der Waals surface area contributed by atoms with Crippen molar-refractivity contribution in [3.63, 3.8) is 0 Å². The number of fused-ring (bicyclic) bond motifs is 1. The molecule has 122 valence electrons. The molecule has 0 aliphatic heterocycles. The number of rotatable bonds is 4. The Bertz CT molecular complexity index is 1050. The van der Waals surface area contributed by atoms with Crippen molar-refractivity contribution < 1.29 is 4.79 Å². The Balaban J connectivity index is 1.53. The Morgan fingerprint density at radius 1 is 1.16 bits per heavy atom. The lowest BCUT2D eigenvalue weighted by atomic mass is 10.0. The molecule has 3 heterocycles. The van der Waals surface area contributed by atoms with Crippen LogP contribution in [0.5, 0.6) is 0 Å². The number of pyridine rings is 1. The highest BCUT2D eigenvalue weighted by atomic mass is 16.1. The summed E-state index contributed by atoms with van der Waals surface area (Å²) in [6.45, 7) is 0. The van der Waals surface area contributed by atoms with Crippen LogP contribution in [0.1, 0.15) is 5.56 Å². The molecule has 0 unspecified atom stereocenters. The van der Waals surface area contributed by atoms with Gasteiger partial charge in [-0.1, -0.05) is 6.07 Å². The largest absolute Gasteiger partial charge is 0.361 e. The number of nitrogens with zero attached hydrogens (tertiary/aromatic N) is 2. The van der Waals surface area contributed by atoms with E-state index in [0.29, 0.717) is 0 Å². The van der Waals surface area contributed by atoms with Crippen molar-refractivity contribution in [2.75, 3.05) is 5.32 Å². The summed E-state index contributed by atoms with van der Waals surface area (Å²) in [6.07, 6.45) is 12.1. The summed E-state index contributed by atoms with van der Waals surface area (Å²) < 4.78 is 0. The maximum Gasteiger partial charge on any atom is 0.248 e. The second-order valence-corrected chi connectivity index (χ2v) is 5.55. The lowest BCUT2D eigenvalue weighted by Crippen LogP contribution is -2.07. The Labute approximate surface area is 143 Å². The summed E-state index contributed by atoms with van der Waals surface area (Å²) in [7, 11) is 0. The number of nitrogens with one attached hydrogen (secondary N) is 3. The molecule has 1 aromatic carbocycles. The van der Waals surface area contributed by atoms with Crippen LogP contribution in [0.2, 0.25) is 0 Å². The average Bonchev–Trinajstić information content (AvgIpc) is 3.31. The number of amides is 1. The molecule has 6 nitrogen and oxygen atoms in total. The zero-order valence-electron chi connectivity index (χ0n) is 13.2. The second kappa shape index (κ2) is 6.45. The van der Waals surface area contributed by atoms with Gasteiger partial charge in [-0.3, -0.25) is 14.9 Å². The van der Waals surface area contributed by atoms with Crippen LogP contribution >= 0.6 is 0 Å². The van der Waals surface area contributed by atoms with Gasteiger partial charge in [0.2, 0.25) is 5.91 Å². The number of hydrogen-bond acceptors (Lipinski definition) is 3. The number of carbonyl (C=O) groups is 1. The lowest BCUT2D eigenvalue weighted by Gasteiger charge is -2.04. The van der Waals surface area contributed by atoms with E-state index in [1.165, 1.54) is 6.08 Å². The number of hydrogen-bond donors (Lipinski definition) is 3. The van der Waals surface area contributed by atoms with Gasteiger partial charge in [-0.15, -0.1) is 0 Å². The molecule has 0 saturated carbocycles. The first-order chi connectivity index (χ1) is 12.3. The van der Waals surface area contributed by atoms with E-state index in [1.54, 1.807) is 30.9 Å². The maximum atomic E-state index is 12.2. The summed E-state index contributed by atoms with van der Waals surface area (Å²) in [5.74, 6) is -0.201. The number of aromatic nitrogens is 4. The fraction of sp³-hybridized carbons (Fsp3) is 0. The Morgan fingerprint density at radius 3 is 3.00 bits per heavy atom. The van der Waals surface area contributed by atoms with Crippen LogP contribution in [0.4, 0.5) is 5.69 Å². The molecule has 4 rings (SSSR count).